The summed E-state index contributed by atoms with van der Waals surface area (Å²) in [6, 6.07) is 4.08. The molecule has 0 bridgehead atoms. The number of nitriles is 1. The lowest BCUT2D eigenvalue weighted by atomic mass is 10.1. The molecule has 0 atom stereocenters. The van der Waals surface area contributed by atoms with Crippen LogP contribution >= 0.6 is 0 Å². The molecule has 80 valence electrons. The minimum absolute atomic E-state index is 0.0920. The summed E-state index contributed by atoms with van der Waals surface area (Å²) in [6.45, 7) is -0.0920. The highest BCUT2D eigenvalue weighted by Crippen LogP contribution is 2.40. The fourth-order valence-electron chi connectivity index (χ4n) is 1.97. The Labute approximate surface area is 92.8 Å². The molecule has 0 aliphatic heterocycles. The number of nitrogens with zero attached hydrogens (tertiary/aromatic N) is 3. The summed E-state index contributed by atoms with van der Waals surface area (Å²) in [4.78, 5) is 4.21. The van der Waals surface area contributed by atoms with Crippen LogP contribution in [0.4, 0.5) is 0 Å². The maximum absolute atomic E-state index is 9.08. The molecule has 4 heteroatoms. The van der Waals surface area contributed by atoms with Crippen molar-refractivity contribution in [3.8, 4) is 6.07 Å². The third kappa shape index (κ3) is 1.37. The van der Waals surface area contributed by atoms with Crippen molar-refractivity contribution in [3.63, 3.8) is 0 Å². The van der Waals surface area contributed by atoms with Crippen molar-refractivity contribution in [1.82, 2.24) is 9.38 Å². The molecule has 4 nitrogen and oxygen atoms in total. The van der Waals surface area contributed by atoms with Crippen molar-refractivity contribution < 1.29 is 5.11 Å². The standard InChI is InChI=1S/C12H11N3O/c13-4-9-3-10(8-1-2-8)5-15-6-11(7-16)14-12(9)15/h3,5-6,8,16H,1-2,7H2. The molecule has 1 N–H and O–H groups in total. The quantitative estimate of drug-likeness (QED) is 0.823. The summed E-state index contributed by atoms with van der Waals surface area (Å²) in [5.41, 5.74) is 3.02. The lowest BCUT2D eigenvalue weighted by Gasteiger charge is -2.01. The van der Waals surface area contributed by atoms with Crippen LogP contribution in [0.25, 0.3) is 5.65 Å². The van der Waals surface area contributed by atoms with Gasteiger partial charge in [0.2, 0.25) is 0 Å². The van der Waals surface area contributed by atoms with Crippen LogP contribution in [0.1, 0.15) is 35.6 Å². The number of aliphatic hydroxyl groups excluding tert-OH is 1. The number of fused-ring (bicyclic) bond motifs is 1. The Morgan fingerprint density at radius 3 is 2.94 bits per heavy atom. The van der Waals surface area contributed by atoms with Gasteiger partial charge in [-0.25, -0.2) is 4.98 Å². The van der Waals surface area contributed by atoms with Crippen LogP contribution < -0.4 is 0 Å². The summed E-state index contributed by atoms with van der Waals surface area (Å²) in [7, 11) is 0. The Morgan fingerprint density at radius 1 is 1.50 bits per heavy atom. The molecular weight excluding hydrogens is 202 g/mol. The normalized spacial score (nSPS) is 15.2. The van der Waals surface area contributed by atoms with Crippen LogP contribution in [0.5, 0.6) is 0 Å². The van der Waals surface area contributed by atoms with Gasteiger partial charge in [0.25, 0.3) is 0 Å². The third-order valence-electron chi connectivity index (χ3n) is 2.95. The largest absolute Gasteiger partial charge is 0.390 e. The maximum Gasteiger partial charge on any atom is 0.155 e. The number of rotatable bonds is 2. The van der Waals surface area contributed by atoms with Gasteiger partial charge in [0.1, 0.15) is 6.07 Å². The van der Waals surface area contributed by atoms with Crippen LogP contribution in [0.2, 0.25) is 0 Å². The second kappa shape index (κ2) is 3.32. The number of pyridine rings is 1. The van der Waals surface area contributed by atoms with Crippen molar-refractivity contribution in [2.45, 2.75) is 25.4 Å². The minimum Gasteiger partial charge on any atom is -0.390 e. The van der Waals surface area contributed by atoms with Gasteiger partial charge < -0.3 is 9.51 Å². The van der Waals surface area contributed by atoms with E-state index in [2.05, 4.69) is 11.1 Å². The second-order valence-corrected chi connectivity index (χ2v) is 4.19. The molecule has 0 saturated heterocycles. The van der Waals surface area contributed by atoms with Crippen molar-refractivity contribution >= 4 is 5.65 Å². The van der Waals surface area contributed by atoms with E-state index in [1.807, 2.05) is 16.7 Å². The highest BCUT2D eigenvalue weighted by molar-refractivity contribution is 5.57. The van der Waals surface area contributed by atoms with Gasteiger partial charge in [0.15, 0.2) is 5.65 Å². The van der Waals surface area contributed by atoms with Crippen LogP contribution in [0, 0.1) is 11.3 Å². The Kier molecular flexibility index (Phi) is 1.95. The van der Waals surface area contributed by atoms with E-state index in [0.717, 1.165) is 0 Å². The van der Waals surface area contributed by atoms with Crippen LogP contribution in [-0.4, -0.2) is 14.5 Å². The molecule has 16 heavy (non-hydrogen) atoms. The van der Waals surface area contributed by atoms with Gasteiger partial charge in [-0.3, -0.25) is 0 Å². The smallest absolute Gasteiger partial charge is 0.155 e. The zero-order chi connectivity index (χ0) is 11.1. The average molecular weight is 213 g/mol. The van der Waals surface area contributed by atoms with E-state index in [0.29, 0.717) is 22.8 Å². The van der Waals surface area contributed by atoms with Crippen LogP contribution in [0.15, 0.2) is 18.5 Å². The number of hydrogen-bond donors (Lipinski definition) is 1. The summed E-state index contributed by atoms with van der Waals surface area (Å²) in [6.07, 6.45) is 6.21. The lowest BCUT2D eigenvalue weighted by Crippen LogP contribution is -1.92. The second-order valence-electron chi connectivity index (χ2n) is 4.19. The fraction of sp³-hybridized carbons (Fsp3) is 0.333. The molecule has 1 saturated carbocycles. The molecule has 2 aromatic rings. The molecule has 1 aliphatic rings. The topological polar surface area (TPSA) is 61.3 Å². The summed E-state index contributed by atoms with van der Waals surface area (Å²) >= 11 is 0. The first-order valence-electron chi connectivity index (χ1n) is 5.34. The van der Waals surface area contributed by atoms with Gasteiger partial charge in [-0.2, -0.15) is 5.26 Å². The number of aromatic nitrogens is 2. The molecule has 2 heterocycles. The molecule has 0 unspecified atom stereocenters. The third-order valence-corrected chi connectivity index (χ3v) is 2.95. The molecule has 2 aromatic heterocycles. The Balaban J connectivity index is 2.24. The molecule has 1 aliphatic carbocycles. The van der Waals surface area contributed by atoms with Crippen molar-refractivity contribution in [2.75, 3.05) is 0 Å². The van der Waals surface area contributed by atoms with E-state index in [9.17, 15) is 0 Å². The van der Waals surface area contributed by atoms with Crippen LogP contribution in [-0.2, 0) is 6.61 Å². The first-order chi connectivity index (χ1) is 7.81. The molecule has 0 amide bonds. The summed E-state index contributed by atoms with van der Waals surface area (Å²) in [5.74, 6) is 0.608. The van der Waals surface area contributed by atoms with Gasteiger partial charge in [-0.15, -0.1) is 0 Å². The average Bonchev–Trinajstić information content (AvgIpc) is 3.07. The molecule has 0 aromatic carbocycles. The van der Waals surface area contributed by atoms with E-state index < -0.39 is 0 Å². The predicted molar refractivity (Wildman–Crippen MR) is 57.8 cm³/mol. The molecule has 0 spiro atoms. The molecule has 1 fully saturated rings. The van der Waals surface area contributed by atoms with Gasteiger partial charge in [-0.05, 0) is 30.4 Å². The maximum atomic E-state index is 9.08. The monoisotopic (exact) mass is 213 g/mol. The van der Waals surface area contributed by atoms with E-state index in [-0.39, 0.29) is 6.61 Å². The fourth-order valence-corrected chi connectivity index (χ4v) is 1.97. The molecule has 0 radical (unpaired) electrons. The van der Waals surface area contributed by atoms with Crippen molar-refractivity contribution in [3.05, 3.63) is 35.3 Å². The van der Waals surface area contributed by atoms with Gasteiger partial charge in [0.05, 0.1) is 17.9 Å². The summed E-state index contributed by atoms with van der Waals surface area (Å²) < 4.78 is 1.84. The van der Waals surface area contributed by atoms with Crippen LogP contribution in [0.3, 0.4) is 0 Å². The van der Waals surface area contributed by atoms with E-state index in [1.165, 1.54) is 18.4 Å². The first kappa shape index (κ1) is 9.37. The Hall–Kier alpha value is -1.86. The van der Waals surface area contributed by atoms with Gasteiger partial charge in [-0.1, -0.05) is 0 Å². The van der Waals surface area contributed by atoms with E-state index in [1.54, 1.807) is 6.20 Å². The minimum atomic E-state index is -0.0920. The van der Waals surface area contributed by atoms with E-state index in [4.69, 9.17) is 10.4 Å². The zero-order valence-electron chi connectivity index (χ0n) is 8.72. The van der Waals surface area contributed by atoms with E-state index >= 15 is 0 Å². The predicted octanol–water partition coefficient (Wildman–Crippen LogP) is 1.58. The van der Waals surface area contributed by atoms with Gasteiger partial charge in [0, 0.05) is 12.4 Å². The highest BCUT2D eigenvalue weighted by Gasteiger charge is 2.25. The van der Waals surface area contributed by atoms with Crippen molar-refractivity contribution in [2.24, 2.45) is 0 Å². The Bertz CT molecular complexity index is 590. The highest BCUT2D eigenvalue weighted by atomic mass is 16.3. The number of imidazole rings is 1. The van der Waals surface area contributed by atoms with Crippen molar-refractivity contribution in [1.29, 1.82) is 5.26 Å². The molecular formula is C12H11N3O. The first-order valence-corrected chi connectivity index (χ1v) is 5.34. The summed E-state index contributed by atoms with van der Waals surface area (Å²) in [5, 5.41) is 18.1. The van der Waals surface area contributed by atoms with Gasteiger partial charge >= 0.3 is 0 Å². The number of hydrogen-bond acceptors (Lipinski definition) is 3. The zero-order valence-corrected chi connectivity index (χ0v) is 8.72. The SMILES string of the molecule is N#Cc1cc(C2CC2)cn2cc(CO)nc12. The Morgan fingerprint density at radius 2 is 2.31 bits per heavy atom. The number of aliphatic hydroxyl groups is 1. The lowest BCUT2D eigenvalue weighted by molar-refractivity contribution is 0.277. The molecule has 3 rings (SSSR count).